The lowest BCUT2D eigenvalue weighted by molar-refractivity contribution is 0.0966. The summed E-state index contributed by atoms with van der Waals surface area (Å²) < 4.78 is 5.65. The highest BCUT2D eigenvalue weighted by Gasteiger charge is 2.27. The van der Waals surface area contributed by atoms with Gasteiger partial charge in [-0.1, -0.05) is 19.0 Å². The van der Waals surface area contributed by atoms with Gasteiger partial charge in [-0.2, -0.15) is 0 Å². The summed E-state index contributed by atoms with van der Waals surface area (Å²) in [4.78, 5) is 20.5. The summed E-state index contributed by atoms with van der Waals surface area (Å²) in [6.45, 7) is 9.38. The second kappa shape index (κ2) is 7.87. The van der Waals surface area contributed by atoms with Gasteiger partial charge in [-0.05, 0) is 32.6 Å². The van der Waals surface area contributed by atoms with Crippen LogP contribution in [0.25, 0.3) is 22.7 Å². The predicted octanol–water partition coefficient (Wildman–Crippen LogP) is 2.97. The summed E-state index contributed by atoms with van der Waals surface area (Å²) in [6, 6.07) is 0. The molecule has 4 heterocycles. The molecule has 0 aliphatic carbocycles. The zero-order valence-corrected chi connectivity index (χ0v) is 17.3. The summed E-state index contributed by atoms with van der Waals surface area (Å²) in [5.41, 5.74) is 4.84. The largest absolute Gasteiger partial charge is 0.393 e. The quantitative estimate of drug-likeness (QED) is 0.721. The Labute approximate surface area is 170 Å². The van der Waals surface area contributed by atoms with E-state index >= 15 is 0 Å². The van der Waals surface area contributed by atoms with Crippen molar-refractivity contribution in [2.24, 2.45) is 5.92 Å². The molecule has 0 amide bonds. The number of aromatic nitrogens is 5. The molecule has 8 nitrogen and oxygen atoms in total. The molecule has 3 aromatic rings. The molecule has 0 aromatic carbocycles. The van der Waals surface area contributed by atoms with Gasteiger partial charge >= 0.3 is 0 Å². The number of hydrogen-bond donors (Lipinski definition) is 1. The molecule has 1 fully saturated rings. The zero-order chi connectivity index (χ0) is 20.5. The molecule has 1 aliphatic heterocycles. The van der Waals surface area contributed by atoms with Gasteiger partial charge in [0.05, 0.1) is 29.3 Å². The average molecular weight is 394 g/mol. The van der Waals surface area contributed by atoms with E-state index in [0.29, 0.717) is 42.6 Å². The second-order valence-corrected chi connectivity index (χ2v) is 7.68. The van der Waals surface area contributed by atoms with E-state index in [0.717, 1.165) is 28.9 Å². The first-order chi connectivity index (χ1) is 14.0. The van der Waals surface area contributed by atoms with Crippen LogP contribution in [0.3, 0.4) is 0 Å². The summed E-state index contributed by atoms with van der Waals surface area (Å²) >= 11 is 0. The minimum atomic E-state index is -0.280. The third kappa shape index (κ3) is 3.72. The minimum Gasteiger partial charge on any atom is -0.393 e. The van der Waals surface area contributed by atoms with Gasteiger partial charge in [-0.25, -0.2) is 9.97 Å². The van der Waals surface area contributed by atoms with Crippen LogP contribution in [0.2, 0.25) is 0 Å². The van der Waals surface area contributed by atoms with Gasteiger partial charge in [0.15, 0.2) is 5.76 Å². The van der Waals surface area contributed by atoms with Crippen molar-refractivity contribution < 1.29 is 9.63 Å². The van der Waals surface area contributed by atoms with Crippen LogP contribution in [0.1, 0.15) is 37.2 Å². The fraction of sp³-hybridized carbons (Fsp3) is 0.476. The fourth-order valence-electron chi connectivity index (χ4n) is 3.73. The molecule has 1 aliphatic rings. The highest BCUT2D eigenvalue weighted by Crippen LogP contribution is 2.34. The lowest BCUT2D eigenvalue weighted by Crippen LogP contribution is -2.42. The molecule has 0 saturated carbocycles. The molecule has 29 heavy (non-hydrogen) atoms. The van der Waals surface area contributed by atoms with Crippen LogP contribution in [0.4, 0.5) is 5.95 Å². The van der Waals surface area contributed by atoms with E-state index in [9.17, 15) is 5.11 Å². The number of rotatable bonds is 4. The monoisotopic (exact) mass is 394 g/mol. The number of hydrogen-bond acceptors (Lipinski definition) is 8. The number of piperidine rings is 1. The Hall–Kier alpha value is -2.87. The first-order valence-corrected chi connectivity index (χ1v) is 10.0. The van der Waals surface area contributed by atoms with Crippen molar-refractivity contribution in [2.75, 3.05) is 18.0 Å². The average Bonchev–Trinajstić information content (AvgIpc) is 3.10. The maximum atomic E-state index is 10.0. The molecule has 2 unspecified atom stereocenters. The molecular weight excluding hydrogens is 368 g/mol. The van der Waals surface area contributed by atoms with Crippen molar-refractivity contribution in [2.45, 2.75) is 46.6 Å². The lowest BCUT2D eigenvalue weighted by atomic mass is 9.97. The Balaban J connectivity index is 1.82. The van der Waals surface area contributed by atoms with Crippen LogP contribution < -0.4 is 4.90 Å². The highest BCUT2D eigenvalue weighted by atomic mass is 16.5. The Kier molecular flexibility index (Phi) is 5.27. The fourth-order valence-corrected chi connectivity index (χ4v) is 3.73. The predicted molar refractivity (Wildman–Crippen MR) is 109 cm³/mol. The molecule has 0 radical (unpaired) electrons. The van der Waals surface area contributed by atoms with Crippen LogP contribution >= 0.6 is 0 Å². The second-order valence-electron chi connectivity index (χ2n) is 7.68. The topological polar surface area (TPSA) is 101 Å². The van der Waals surface area contributed by atoms with Crippen molar-refractivity contribution in [3.8, 4) is 22.7 Å². The maximum absolute atomic E-state index is 10.0. The van der Waals surface area contributed by atoms with Crippen LogP contribution in [0.15, 0.2) is 23.1 Å². The third-order valence-corrected chi connectivity index (χ3v) is 5.53. The van der Waals surface area contributed by atoms with E-state index in [1.807, 2.05) is 20.8 Å². The molecule has 8 heteroatoms. The highest BCUT2D eigenvalue weighted by molar-refractivity contribution is 5.78. The first kappa shape index (κ1) is 19.4. The van der Waals surface area contributed by atoms with Crippen molar-refractivity contribution in [3.05, 3.63) is 35.5 Å². The van der Waals surface area contributed by atoms with E-state index in [4.69, 9.17) is 9.51 Å². The normalized spacial score (nSPS) is 19.6. The first-order valence-electron chi connectivity index (χ1n) is 10.0. The van der Waals surface area contributed by atoms with E-state index in [1.54, 1.807) is 18.6 Å². The van der Waals surface area contributed by atoms with Crippen molar-refractivity contribution in [3.63, 3.8) is 0 Å². The van der Waals surface area contributed by atoms with Gasteiger partial charge in [0.25, 0.3) is 0 Å². The molecule has 1 saturated heterocycles. The molecule has 3 aromatic heterocycles. The van der Waals surface area contributed by atoms with Crippen molar-refractivity contribution >= 4 is 5.95 Å². The van der Waals surface area contributed by atoms with Crippen molar-refractivity contribution in [1.29, 1.82) is 0 Å². The minimum absolute atomic E-state index is 0.165. The summed E-state index contributed by atoms with van der Waals surface area (Å²) in [5, 5.41) is 14.2. The molecule has 4 rings (SSSR count). The number of nitrogens with zero attached hydrogens (tertiary/aromatic N) is 6. The van der Waals surface area contributed by atoms with Gasteiger partial charge in [-0.15, -0.1) is 0 Å². The van der Waals surface area contributed by atoms with Gasteiger partial charge < -0.3 is 14.5 Å². The smallest absolute Gasteiger partial charge is 0.225 e. The van der Waals surface area contributed by atoms with Crippen molar-refractivity contribution in [1.82, 2.24) is 25.1 Å². The summed E-state index contributed by atoms with van der Waals surface area (Å²) in [7, 11) is 0. The van der Waals surface area contributed by atoms with Crippen LogP contribution in [0.5, 0.6) is 0 Å². The van der Waals surface area contributed by atoms with Gasteiger partial charge in [0.1, 0.15) is 11.4 Å². The molecule has 152 valence electrons. The standard InChI is InChI=1S/C21H26N6O2/c1-5-15-14(4)26-29-20(15)16-9-24-21(27-7-6-18(28)12(2)11-27)25-19(16)17-10-22-13(3)8-23-17/h8-10,12,18,28H,5-7,11H2,1-4H3. The molecular formula is C21H26N6O2. The third-order valence-electron chi connectivity index (χ3n) is 5.53. The zero-order valence-electron chi connectivity index (χ0n) is 17.3. The van der Waals surface area contributed by atoms with Gasteiger partial charge in [-0.3, -0.25) is 9.97 Å². The molecule has 2 atom stereocenters. The Morgan fingerprint density at radius 2 is 2.00 bits per heavy atom. The van der Waals surface area contributed by atoms with Crippen LogP contribution in [-0.2, 0) is 6.42 Å². The Morgan fingerprint density at radius 1 is 1.17 bits per heavy atom. The molecule has 0 spiro atoms. The van der Waals surface area contributed by atoms with Crippen LogP contribution in [0, 0.1) is 19.8 Å². The van der Waals surface area contributed by atoms with E-state index in [-0.39, 0.29) is 12.0 Å². The van der Waals surface area contributed by atoms with Crippen LogP contribution in [-0.4, -0.2) is 49.4 Å². The number of aryl methyl sites for hydroxylation is 2. The SMILES string of the molecule is CCc1c(C)noc1-c1cnc(N2CCC(O)C(C)C2)nc1-c1cnc(C)cn1. The number of anilines is 1. The van der Waals surface area contributed by atoms with Gasteiger partial charge in [0, 0.05) is 31.0 Å². The summed E-state index contributed by atoms with van der Waals surface area (Å²) in [6.07, 6.45) is 6.46. The van der Waals surface area contributed by atoms with E-state index < -0.39 is 0 Å². The van der Waals surface area contributed by atoms with E-state index in [1.165, 1.54) is 0 Å². The Bertz CT molecular complexity index is 1000. The Morgan fingerprint density at radius 3 is 2.69 bits per heavy atom. The lowest BCUT2D eigenvalue weighted by Gasteiger charge is -2.34. The molecule has 0 bridgehead atoms. The van der Waals surface area contributed by atoms with Gasteiger partial charge in [0.2, 0.25) is 5.95 Å². The number of aliphatic hydroxyl groups is 1. The maximum Gasteiger partial charge on any atom is 0.225 e. The number of aliphatic hydroxyl groups excluding tert-OH is 1. The molecule has 1 N–H and O–H groups in total. The van der Waals surface area contributed by atoms with E-state index in [2.05, 4.69) is 31.9 Å². The summed E-state index contributed by atoms with van der Waals surface area (Å²) in [5.74, 6) is 1.47.